The summed E-state index contributed by atoms with van der Waals surface area (Å²) in [7, 11) is 0. The molecule has 0 spiro atoms. The van der Waals surface area contributed by atoms with Crippen molar-refractivity contribution >= 4 is 22.7 Å². The Bertz CT molecular complexity index is 1160. The van der Waals surface area contributed by atoms with Gasteiger partial charge in [-0.15, -0.1) is 0 Å². The molecule has 4 heteroatoms. The van der Waals surface area contributed by atoms with Crippen molar-refractivity contribution in [1.29, 1.82) is 0 Å². The third-order valence-electron chi connectivity index (χ3n) is 8.21. The van der Waals surface area contributed by atoms with Crippen LogP contribution in [-0.2, 0) is 11.3 Å². The van der Waals surface area contributed by atoms with Crippen molar-refractivity contribution in [2.75, 3.05) is 0 Å². The van der Waals surface area contributed by atoms with Gasteiger partial charge >= 0.3 is 0 Å². The number of benzene rings is 2. The van der Waals surface area contributed by atoms with Crippen LogP contribution < -0.4 is 0 Å². The molecule has 32 heavy (non-hydrogen) atoms. The molecule has 2 aromatic carbocycles. The predicted octanol–water partition coefficient (Wildman–Crippen LogP) is 5.65. The molecule has 4 aliphatic carbocycles. The summed E-state index contributed by atoms with van der Waals surface area (Å²) in [6, 6.07) is 18.4. The van der Waals surface area contributed by atoms with Gasteiger partial charge in [0.05, 0.1) is 11.1 Å². The van der Waals surface area contributed by atoms with Gasteiger partial charge in [0.25, 0.3) is 5.91 Å². The number of nitrogens with zero attached hydrogens (tertiary/aromatic N) is 2. The minimum Gasteiger partial charge on any atom is -0.342 e. The first kappa shape index (κ1) is 19.8. The molecule has 0 saturated heterocycles. The Kier molecular flexibility index (Phi) is 4.53. The summed E-state index contributed by atoms with van der Waals surface area (Å²) in [6.45, 7) is 2.28. The second kappa shape index (κ2) is 7.33. The molecule has 0 atom stereocenters. The molecule has 0 unspecified atom stereocenters. The van der Waals surface area contributed by atoms with Gasteiger partial charge in [0, 0.05) is 30.6 Å². The van der Waals surface area contributed by atoms with Crippen LogP contribution in [0.5, 0.6) is 0 Å². The second-order valence-corrected chi connectivity index (χ2v) is 10.5. The lowest BCUT2D eigenvalue weighted by atomic mass is 9.52. The van der Waals surface area contributed by atoms with E-state index in [0.29, 0.717) is 29.9 Å². The Morgan fingerprint density at radius 3 is 2.12 bits per heavy atom. The molecule has 4 saturated carbocycles. The molecule has 4 fully saturated rings. The molecule has 1 heterocycles. The van der Waals surface area contributed by atoms with Gasteiger partial charge in [-0.05, 0) is 67.9 Å². The van der Waals surface area contributed by atoms with Crippen LogP contribution in [0.25, 0.3) is 10.9 Å². The van der Waals surface area contributed by atoms with Gasteiger partial charge < -0.3 is 4.57 Å². The average Bonchev–Trinajstić information content (AvgIpc) is 3.12. The molecule has 1 aromatic heterocycles. The first-order valence-electron chi connectivity index (χ1n) is 12.0. The van der Waals surface area contributed by atoms with Crippen LogP contribution in [0.2, 0.25) is 0 Å². The minimum absolute atomic E-state index is 0.100. The van der Waals surface area contributed by atoms with E-state index in [9.17, 15) is 9.59 Å². The molecule has 0 aliphatic heterocycles. The highest BCUT2D eigenvalue weighted by Gasteiger charge is 2.56. The summed E-state index contributed by atoms with van der Waals surface area (Å²) in [5.41, 5.74) is 2.60. The topological polar surface area (TPSA) is 42.3 Å². The first-order valence-corrected chi connectivity index (χ1v) is 12.0. The molecular weight excluding hydrogens is 396 g/mol. The summed E-state index contributed by atoms with van der Waals surface area (Å²) in [6.07, 6.45) is 8.81. The van der Waals surface area contributed by atoms with Gasteiger partial charge in [0.2, 0.25) is 5.91 Å². The van der Waals surface area contributed by atoms with Crippen LogP contribution in [0.15, 0.2) is 60.8 Å². The fraction of sp³-hybridized carbons (Fsp3) is 0.429. The van der Waals surface area contributed by atoms with Gasteiger partial charge in [-0.25, -0.2) is 0 Å². The lowest BCUT2D eigenvalue weighted by Crippen LogP contribution is -2.62. The summed E-state index contributed by atoms with van der Waals surface area (Å²) in [5, 5.41) is 0.935. The second-order valence-electron chi connectivity index (χ2n) is 10.5. The maximum atomic E-state index is 14.1. The molecule has 7 rings (SSSR count). The van der Waals surface area contributed by atoms with Crippen LogP contribution in [0.3, 0.4) is 0 Å². The Morgan fingerprint density at radius 1 is 0.906 bits per heavy atom. The number of carbonyl (C=O) groups excluding carboxylic acids is 2. The highest BCUT2D eigenvalue weighted by Crippen LogP contribution is 2.58. The maximum Gasteiger partial charge on any atom is 0.263 e. The van der Waals surface area contributed by atoms with E-state index in [-0.39, 0.29) is 17.4 Å². The third kappa shape index (κ3) is 3.11. The lowest BCUT2D eigenvalue weighted by Gasteiger charge is -2.59. The van der Waals surface area contributed by atoms with Gasteiger partial charge in [-0.1, -0.05) is 48.5 Å². The number of para-hydroxylation sites is 1. The van der Waals surface area contributed by atoms with Crippen LogP contribution in [0.4, 0.5) is 0 Å². The van der Waals surface area contributed by atoms with E-state index in [1.165, 1.54) is 24.8 Å². The summed E-state index contributed by atoms with van der Waals surface area (Å²) in [5.74, 6) is 1.82. The van der Waals surface area contributed by atoms with Crippen LogP contribution in [0, 0.1) is 17.8 Å². The number of amides is 2. The van der Waals surface area contributed by atoms with E-state index in [1.807, 2.05) is 42.6 Å². The molecule has 0 radical (unpaired) electrons. The molecule has 4 nitrogen and oxygen atoms in total. The van der Waals surface area contributed by atoms with E-state index in [0.717, 1.165) is 30.2 Å². The fourth-order valence-electron chi connectivity index (χ4n) is 7.48. The van der Waals surface area contributed by atoms with E-state index >= 15 is 0 Å². The number of fused-ring (bicyclic) bond motifs is 1. The number of aromatic nitrogens is 1. The number of hydrogen-bond donors (Lipinski definition) is 0. The maximum absolute atomic E-state index is 14.1. The van der Waals surface area contributed by atoms with Crippen molar-refractivity contribution in [2.45, 2.75) is 57.5 Å². The molecule has 164 valence electrons. The number of imide groups is 1. The Balaban J connectivity index is 1.41. The quantitative estimate of drug-likeness (QED) is 0.541. The molecule has 4 bridgehead atoms. The van der Waals surface area contributed by atoms with Gasteiger partial charge in [0.15, 0.2) is 0 Å². The van der Waals surface area contributed by atoms with Gasteiger partial charge in [-0.2, -0.15) is 0 Å². The largest absolute Gasteiger partial charge is 0.342 e. The van der Waals surface area contributed by atoms with Crippen molar-refractivity contribution in [3.05, 3.63) is 71.9 Å². The average molecular weight is 427 g/mol. The number of rotatable bonds is 4. The Hall–Kier alpha value is -2.88. The molecular formula is C28H30N2O2. The number of carbonyl (C=O) groups is 2. The van der Waals surface area contributed by atoms with E-state index in [2.05, 4.69) is 22.8 Å². The normalized spacial score (nSPS) is 28.2. The zero-order valence-corrected chi connectivity index (χ0v) is 18.7. The highest BCUT2D eigenvalue weighted by atomic mass is 16.2. The number of hydrogen-bond acceptors (Lipinski definition) is 2. The summed E-state index contributed by atoms with van der Waals surface area (Å²) < 4.78 is 2.15. The van der Waals surface area contributed by atoms with Gasteiger partial charge in [-0.3, -0.25) is 14.5 Å². The van der Waals surface area contributed by atoms with E-state index in [4.69, 9.17) is 0 Å². The zero-order valence-electron chi connectivity index (χ0n) is 18.7. The van der Waals surface area contributed by atoms with Crippen molar-refractivity contribution < 1.29 is 9.59 Å². The highest BCUT2D eigenvalue weighted by molar-refractivity contribution is 6.12. The van der Waals surface area contributed by atoms with Crippen molar-refractivity contribution in [3.63, 3.8) is 0 Å². The van der Waals surface area contributed by atoms with Crippen molar-refractivity contribution in [3.8, 4) is 0 Å². The summed E-state index contributed by atoms with van der Waals surface area (Å²) >= 11 is 0. The Labute approximate surface area is 189 Å². The first-order chi connectivity index (χ1) is 15.5. The standard InChI is InChI=1S/C28H30N2O2/c1-19(31)30(28-14-21-11-22(15-28)13-23(12-21)16-28)27(32)25-18-29(17-20-7-3-2-4-8-20)26-10-6-5-9-24(25)26/h2-10,18,21-23H,11-17H2,1H3. The third-order valence-corrected chi connectivity index (χ3v) is 8.21. The van der Waals surface area contributed by atoms with E-state index in [1.54, 1.807) is 11.8 Å². The predicted molar refractivity (Wildman–Crippen MR) is 125 cm³/mol. The van der Waals surface area contributed by atoms with Crippen LogP contribution in [0.1, 0.15) is 61.4 Å². The van der Waals surface area contributed by atoms with Crippen LogP contribution in [-0.4, -0.2) is 26.8 Å². The Morgan fingerprint density at radius 2 is 1.50 bits per heavy atom. The molecule has 4 aliphatic rings. The van der Waals surface area contributed by atoms with Crippen molar-refractivity contribution in [1.82, 2.24) is 9.47 Å². The monoisotopic (exact) mass is 426 g/mol. The SMILES string of the molecule is CC(=O)N(C(=O)c1cn(Cc2ccccc2)c2ccccc12)C12CC3CC(CC(C3)C1)C2. The van der Waals surface area contributed by atoms with Crippen molar-refractivity contribution in [2.24, 2.45) is 17.8 Å². The van der Waals surface area contributed by atoms with E-state index < -0.39 is 0 Å². The van der Waals surface area contributed by atoms with Gasteiger partial charge in [0.1, 0.15) is 0 Å². The fourth-order valence-corrected chi connectivity index (χ4v) is 7.48. The lowest BCUT2D eigenvalue weighted by molar-refractivity contribution is -0.141. The van der Waals surface area contributed by atoms with Crippen LogP contribution >= 0.6 is 0 Å². The molecule has 0 N–H and O–H groups in total. The smallest absolute Gasteiger partial charge is 0.263 e. The minimum atomic E-state index is -0.277. The zero-order chi connectivity index (χ0) is 21.9. The molecule has 3 aromatic rings. The molecule has 2 amide bonds. The summed E-state index contributed by atoms with van der Waals surface area (Å²) in [4.78, 5) is 28.8.